The summed E-state index contributed by atoms with van der Waals surface area (Å²) in [6.07, 6.45) is 0. The zero-order valence-electron chi connectivity index (χ0n) is 14.6. The van der Waals surface area contributed by atoms with Crippen LogP contribution in [0.4, 0.5) is 11.6 Å². The van der Waals surface area contributed by atoms with Gasteiger partial charge in [-0.05, 0) is 18.6 Å². The Morgan fingerprint density at radius 3 is 2.56 bits per heavy atom. The number of aromatic nitrogens is 3. The van der Waals surface area contributed by atoms with Gasteiger partial charge in [-0.2, -0.15) is 0 Å². The first kappa shape index (κ1) is 16.6. The Labute approximate surface area is 154 Å². The van der Waals surface area contributed by atoms with Crippen molar-refractivity contribution in [1.82, 2.24) is 14.6 Å². The number of nitrogens with zero attached hydrogens (tertiary/aromatic N) is 2. The third-order valence-electron chi connectivity index (χ3n) is 4.34. The van der Waals surface area contributed by atoms with Gasteiger partial charge in [-0.3, -0.25) is 14.7 Å². The minimum atomic E-state index is -0.443. The van der Waals surface area contributed by atoms with E-state index in [-0.39, 0.29) is 11.5 Å². The number of fused-ring (bicyclic) bond motifs is 1. The average molecular weight is 359 g/mol. The number of amides is 1. The first-order valence-corrected chi connectivity index (χ1v) is 8.38. The van der Waals surface area contributed by atoms with E-state index in [0.29, 0.717) is 16.9 Å². The third kappa shape index (κ3) is 2.95. The van der Waals surface area contributed by atoms with Gasteiger partial charge in [0, 0.05) is 17.3 Å². The second-order valence-corrected chi connectivity index (χ2v) is 6.17. The summed E-state index contributed by atoms with van der Waals surface area (Å²) in [5.41, 5.74) is 9.10. The van der Waals surface area contributed by atoms with Crippen molar-refractivity contribution in [2.75, 3.05) is 11.1 Å². The van der Waals surface area contributed by atoms with Gasteiger partial charge in [-0.1, -0.05) is 48.5 Å². The van der Waals surface area contributed by atoms with E-state index in [2.05, 4.69) is 15.4 Å². The van der Waals surface area contributed by atoms with E-state index >= 15 is 0 Å². The number of carbonyl (C=O) groups is 1. The van der Waals surface area contributed by atoms with Gasteiger partial charge in [0.15, 0.2) is 0 Å². The number of aromatic amines is 1. The standard InChI is InChI=1S/C20H17N5O2/c1-12-7-5-6-10-15(12)22-19(27)14-11-16(26)24-25-18(14)17(23-20(25)21)13-8-3-2-4-9-13/h2-11H,1H3,(H2,21,23)(H,22,27)(H,24,26). The Bertz CT molecular complexity index is 1210. The number of nitrogens with two attached hydrogens (primary N) is 1. The van der Waals surface area contributed by atoms with Crippen molar-refractivity contribution in [3.8, 4) is 11.3 Å². The van der Waals surface area contributed by atoms with Crippen molar-refractivity contribution < 1.29 is 4.79 Å². The van der Waals surface area contributed by atoms with Crippen LogP contribution in [0.25, 0.3) is 16.8 Å². The molecule has 2 aromatic heterocycles. The van der Waals surface area contributed by atoms with Gasteiger partial charge in [-0.25, -0.2) is 9.50 Å². The molecule has 2 aromatic carbocycles. The van der Waals surface area contributed by atoms with Crippen LogP contribution in [-0.4, -0.2) is 20.5 Å². The van der Waals surface area contributed by atoms with Gasteiger partial charge >= 0.3 is 0 Å². The van der Waals surface area contributed by atoms with Crippen LogP contribution < -0.4 is 16.6 Å². The largest absolute Gasteiger partial charge is 0.368 e. The highest BCUT2D eigenvalue weighted by Gasteiger charge is 2.20. The van der Waals surface area contributed by atoms with Crippen molar-refractivity contribution in [1.29, 1.82) is 0 Å². The average Bonchev–Trinajstić information content (AvgIpc) is 3.00. The van der Waals surface area contributed by atoms with E-state index < -0.39 is 11.5 Å². The molecule has 7 heteroatoms. The van der Waals surface area contributed by atoms with Crippen LogP contribution in [0.2, 0.25) is 0 Å². The Hall–Kier alpha value is -3.87. The zero-order chi connectivity index (χ0) is 19.0. The molecule has 0 saturated carbocycles. The van der Waals surface area contributed by atoms with E-state index in [9.17, 15) is 9.59 Å². The quantitative estimate of drug-likeness (QED) is 0.523. The molecule has 0 aliphatic rings. The van der Waals surface area contributed by atoms with Gasteiger partial charge in [0.05, 0.1) is 5.56 Å². The fourth-order valence-electron chi connectivity index (χ4n) is 3.01. The normalized spacial score (nSPS) is 10.9. The zero-order valence-corrected chi connectivity index (χ0v) is 14.6. The van der Waals surface area contributed by atoms with Crippen LogP contribution in [-0.2, 0) is 0 Å². The van der Waals surface area contributed by atoms with Crippen molar-refractivity contribution >= 4 is 23.1 Å². The summed E-state index contributed by atoms with van der Waals surface area (Å²) in [6, 6.07) is 18.1. The Morgan fingerprint density at radius 1 is 1.11 bits per heavy atom. The summed E-state index contributed by atoms with van der Waals surface area (Å²) >= 11 is 0. The van der Waals surface area contributed by atoms with Crippen molar-refractivity contribution in [2.45, 2.75) is 6.92 Å². The summed E-state index contributed by atoms with van der Waals surface area (Å²) in [7, 11) is 0. The smallest absolute Gasteiger partial charge is 0.263 e. The summed E-state index contributed by atoms with van der Waals surface area (Å²) in [6.45, 7) is 1.90. The van der Waals surface area contributed by atoms with Crippen LogP contribution in [0, 0.1) is 6.92 Å². The molecule has 0 atom stereocenters. The molecule has 134 valence electrons. The molecule has 0 bridgehead atoms. The van der Waals surface area contributed by atoms with Gasteiger partial charge < -0.3 is 11.1 Å². The Balaban J connectivity index is 1.91. The lowest BCUT2D eigenvalue weighted by atomic mass is 10.1. The molecule has 4 rings (SSSR count). The van der Waals surface area contributed by atoms with Gasteiger partial charge in [-0.15, -0.1) is 0 Å². The number of nitrogen functional groups attached to an aromatic ring is 1. The lowest BCUT2D eigenvalue weighted by Crippen LogP contribution is -2.20. The summed E-state index contributed by atoms with van der Waals surface area (Å²) < 4.78 is 1.34. The number of aryl methyl sites for hydroxylation is 1. The van der Waals surface area contributed by atoms with E-state index in [4.69, 9.17) is 5.73 Å². The van der Waals surface area contributed by atoms with E-state index in [1.54, 1.807) is 6.07 Å². The van der Waals surface area contributed by atoms with Crippen molar-refractivity contribution in [2.24, 2.45) is 0 Å². The number of benzene rings is 2. The van der Waals surface area contributed by atoms with E-state index in [1.807, 2.05) is 55.5 Å². The minimum absolute atomic E-state index is 0.103. The molecular weight excluding hydrogens is 342 g/mol. The van der Waals surface area contributed by atoms with Crippen molar-refractivity contribution in [3.63, 3.8) is 0 Å². The predicted molar refractivity (Wildman–Crippen MR) is 105 cm³/mol. The Kier molecular flexibility index (Phi) is 3.97. The fourth-order valence-corrected chi connectivity index (χ4v) is 3.01. The molecule has 0 saturated heterocycles. The number of hydrogen-bond donors (Lipinski definition) is 3. The highest BCUT2D eigenvalue weighted by Crippen LogP contribution is 2.27. The third-order valence-corrected chi connectivity index (χ3v) is 4.34. The minimum Gasteiger partial charge on any atom is -0.368 e. The van der Waals surface area contributed by atoms with Gasteiger partial charge in [0.2, 0.25) is 5.95 Å². The summed E-state index contributed by atoms with van der Waals surface area (Å²) in [4.78, 5) is 29.4. The number of carbonyl (C=O) groups excluding carboxylic acids is 1. The molecule has 0 aliphatic carbocycles. The molecule has 1 amide bonds. The molecule has 2 heterocycles. The first-order valence-electron chi connectivity index (χ1n) is 8.38. The maximum Gasteiger partial charge on any atom is 0.263 e. The summed E-state index contributed by atoms with van der Waals surface area (Å²) in [5.74, 6) is -0.302. The molecule has 0 unspecified atom stereocenters. The highest BCUT2D eigenvalue weighted by molar-refractivity contribution is 6.11. The molecule has 4 aromatic rings. The number of H-pyrrole nitrogens is 1. The topological polar surface area (TPSA) is 105 Å². The lowest BCUT2D eigenvalue weighted by Gasteiger charge is -2.10. The predicted octanol–water partition coefficient (Wildman–Crippen LogP) is 2.83. The van der Waals surface area contributed by atoms with Gasteiger partial charge in [0.1, 0.15) is 11.2 Å². The second kappa shape index (κ2) is 6.45. The van der Waals surface area contributed by atoms with Crippen LogP contribution in [0.3, 0.4) is 0 Å². The number of rotatable bonds is 3. The number of hydrogen-bond acceptors (Lipinski definition) is 4. The highest BCUT2D eigenvalue weighted by atomic mass is 16.2. The van der Waals surface area contributed by atoms with E-state index in [1.165, 1.54) is 10.6 Å². The summed E-state index contributed by atoms with van der Waals surface area (Å²) in [5, 5.41) is 5.47. The maximum absolute atomic E-state index is 13.0. The number of anilines is 2. The molecule has 7 nitrogen and oxygen atoms in total. The lowest BCUT2D eigenvalue weighted by molar-refractivity contribution is 0.102. The monoisotopic (exact) mass is 359 g/mol. The van der Waals surface area contributed by atoms with Crippen LogP contribution in [0.15, 0.2) is 65.5 Å². The molecule has 0 aliphatic heterocycles. The molecule has 4 N–H and O–H groups in total. The molecule has 0 radical (unpaired) electrons. The number of imidazole rings is 1. The number of nitrogens with one attached hydrogen (secondary N) is 2. The second-order valence-electron chi connectivity index (χ2n) is 6.17. The van der Waals surface area contributed by atoms with E-state index in [0.717, 1.165) is 11.1 Å². The molecule has 0 fully saturated rings. The van der Waals surface area contributed by atoms with Crippen LogP contribution >= 0.6 is 0 Å². The maximum atomic E-state index is 13.0. The fraction of sp³-hybridized carbons (Fsp3) is 0.0500. The SMILES string of the molecule is Cc1ccccc1NC(=O)c1cc(=O)[nH]n2c(N)nc(-c3ccccc3)c12. The van der Waals surface area contributed by atoms with Gasteiger partial charge in [0.25, 0.3) is 11.5 Å². The number of para-hydroxylation sites is 1. The molecular formula is C20H17N5O2. The first-order chi connectivity index (χ1) is 13.0. The molecule has 0 spiro atoms. The molecule has 27 heavy (non-hydrogen) atoms. The van der Waals surface area contributed by atoms with Crippen molar-refractivity contribution in [3.05, 3.63) is 82.1 Å². The Morgan fingerprint density at radius 2 is 1.81 bits per heavy atom. The van der Waals surface area contributed by atoms with Crippen LogP contribution in [0.5, 0.6) is 0 Å². The van der Waals surface area contributed by atoms with Crippen LogP contribution in [0.1, 0.15) is 15.9 Å².